The molecule has 28 heteroatoms. The lowest BCUT2D eigenvalue weighted by atomic mass is 10.0. The highest BCUT2D eigenvalue weighted by molar-refractivity contribution is 6.97. The van der Waals surface area contributed by atoms with E-state index in [2.05, 4.69) is 0 Å². The SMILES string of the molecule is Fc1c(F)c(F)c2c(c1F)-c1c(F)c(F)c(F)[c]([Al]([c]3c(F)c(F)c(F)c4c3C(F)(F)c3c(F)c(F)c(F)c(F)c3-4)[c]3c(F)c(F)c(F)c4c3C(F)(F)c3c(F)c(F)c(F)c(F)c3-4)c1C2(F)F. The minimum Gasteiger partial charge on any atom is -0.205 e. The van der Waals surface area contributed by atoms with Crippen LogP contribution in [-0.4, -0.2) is 14.1 Å². The van der Waals surface area contributed by atoms with E-state index in [1.165, 1.54) is 0 Å². The predicted octanol–water partition coefficient (Wildman–Crippen LogP) is 11.5. The van der Waals surface area contributed by atoms with Gasteiger partial charge in [0.15, 0.2) is 122 Å². The molecule has 0 radical (unpaired) electrons. The molecule has 0 nitrogen and oxygen atoms in total. The van der Waals surface area contributed by atoms with Crippen LogP contribution >= 0.6 is 0 Å². The number of hydrogen-bond donors (Lipinski definition) is 0. The van der Waals surface area contributed by atoms with Gasteiger partial charge in [0.05, 0.1) is 16.7 Å². The second-order valence-corrected chi connectivity index (χ2v) is 17.1. The number of halogens is 27. The molecule has 3 aliphatic carbocycles. The Morgan fingerprint density at radius 2 is 0.328 bits per heavy atom. The maximum atomic E-state index is 16.7. The van der Waals surface area contributed by atoms with Gasteiger partial charge in [-0.25, -0.2) is 92.2 Å². The molecule has 6 aromatic carbocycles. The van der Waals surface area contributed by atoms with E-state index >= 15 is 92.2 Å². The summed E-state index contributed by atoms with van der Waals surface area (Å²) >= 11 is -7.60. The highest BCUT2D eigenvalue weighted by Gasteiger charge is 2.63. The van der Waals surface area contributed by atoms with E-state index in [9.17, 15) is 26.3 Å². The Kier molecular flexibility index (Phi) is 9.48. The van der Waals surface area contributed by atoms with Gasteiger partial charge in [-0.05, 0) is 0 Å². The van der Waals surface area contributed by atoms with Gasteiger partial charge in [0.2, 0.25) is 0 Å². The average molecular weight is 1010 g/mol. The fourth-order valence-electron chi connectivity index (χ4n) is 8.82. The first-order valence-corrected chi connectivity index (χ1v) is 19.0. The summed E-state index contributed by atoms with van der Waals surface area (Å²) in [4.78, 5) is 0. The van der Waals surface area contributed by atoms with Gasteiger partial charge in [0.1, 0.15) is 0 Å². The van der Waals surface area contributed by atoms with E-state index in [-0.39, 0.29) is 0 Å². The van der Waals surface area contributed by atoms with Crippen LogP contribution in [0.3, 0.4) is 0 Å². The summed E-state index contributed by atoms with van der Waals surface area (Å²) in [5.41, 5.74) is -36.4. The maximum absolute atomic E-state index is 16.7. The van der Waals surface area contributed by atoms with Gasteiger partial charge in [-0.1, -0.05) is 13.3 Å². The molecule has 0 spiro atoms. The Morgan fingerprint density at radius 1 is 0.179 bits per heavy atom. The first-order chi connectivity index (χ1) is 30.9. The van der Waals surface area contributed by atoms with Gasteiger partial charge in [-0.2, -0.15) is 26.3 Å². The molecule has 67 heavy (non-hydrogen) atoms. The Bertz CT molecular complexity index is 3060. The molecule has 3 aliphatic rings. The fraction of sp³-hybridized carbons (Fsp3) is 0.0769. The first kappa shape index (κ1) is 46.1. The Hall–Kier alpha value is -6.04. The van der Waals surface area contributed by atoms with Crippen molar-refractivity contribution in [3.63, 3.8) is 0 Å². The summed E-state index contributed by atoms with van der Waals surface area (Å²) in [6.45, 7) is 0. The number of benzene rings is 6. The molecule has 0 heterocycles. The van der Waals surface area contributed by atoms with E-state index in [4.69, 9.17) is 0 Å². The van der Waals surface area contributed by atoms with Crippen LogP contribution in [0.2, 0.25) is 0 Å². The molecule has 9 rings (SSSR count). The Balaban J connectivity index is 1.61. The summed E-state index contributed by atoms with van der Waals surface area (Å²) in [7, 11) is 0. The molecule has 0 amide bonds. The van der Waals surface area contributed by atoms with Crippen molar-refractivity contribution < 1.29 is 119 Å². The van der Waals surface area contributed by atoms with Crippen LogP contribution in [0.15, 0.2) is 0 Å². The summed E-state index contributed by atoms with van der Waals surface area (Å²) in [6, 6.07) is 0. The van der Waals surface area contributed by atoms with Crippen LogP contribution in [0.1, 0.15) is 33.4 Å². The Morgan fingerprint density at radius 3 is 0.522 bits per heavy atom. The topological polar surface area (TPSA) is 0 Å². The molecule has 348 valence electrons. The van der Waals surface area contributed by atoms with Gasteiger partial charge >= 0.3 is 31.9 Å². The zero-order valence-electron chi connectivity index (χ0n) is 30.3. The zero-order chi connectivity index (χ0) is 49.9. The zero-order valence-corrected chi connectivity index (χ0v) is 31.4. The molecule has 0 unspecified atom stereocenters. The van der Waals surface area contributed by atoms with Gasteiger partial charge in [-0.15, -0.1) is 0 Å². The molecule has 0 saturated heterocycles. The van der Waals surface area contributed by atoms with Crippen LogP contribution in [0, 0.1) is 122 Å². The van der Waals surface area contributed by atoms with E-state index in [1.54, 1.807) is 0 Å². The van der Waals surface area contributed by atoms with Crippen molar-refractivity contribution in [2.45, 2.75) is 17.8 Å². The van der Waals surface area contributed by atoms with Crippen molar-refractivity contribution in [1.82, 2.24) is 0 Å². The Labute approximate surface area is 352 Å². The lowest BCUT2D eigenvalue weighted by molar-refractivity contribution is 0.0433. The third-order valence-electron chi connectivity index (χ3n) is 11.4. The van der Waals surface area contributed by atoms with Crippen molar-refractivity contribution >= 4 is 27.4 Å². The van der Waals surface area contributed by atoms with E-state index in [0.29, 0.717) is 0 Å². The van der Waals surface area contributed by atoms with Crippen LogP contribution in [0.4, 0.5) is 119 Å². The molecule has 0 fully saturated rings. The molecular weight excluding hydrogens is 1010 g/mol. The number of fused-ring (bicyclic) bond motifs is 9. The van der Waals surface area contributed by atoms with Crippen LogP contribution in [0.5, 0.6) is 0 Å². The first-order valence-electron chi connectivity index (χ1n) is 17.2. The number of rotatable bonds is 3. The molecule has 0 bridgehead atoms. The van der Waals surface area contributed by atoms with E-state index in [1.807, 2.05) is 0 Å². The summed E-state index contributed by atoms with van der Waals surface area (Å²) in [5, 5.41) is 0. The minimum atomic E-state index is -7.60. The highest BCUT2D eigenvalue weighted by atomic mass is 27.2. The number of hydrogen-bond acceptors (Lipinski definition) is 0. The lowest BCUT2D eigenvalue weighted by Gasteiger charge is -2.29. The third kappa shape index (κ3) is 5.14. The fourth-order valence-corrected chi connectivity index (χ4v) is 12.7. The van der Waals surface area contributed by atoms with E-state index in [0.717, 1.165) is 0 Å². The molecule has 0 atom stereocenters. The van der Waals surface area contributed by atoms with Gasteiger partial charge in [-0.3, -0.25) is 0 Å². The summed E-state index contributed by atoms with van der Waals surface area (Å²) < 4.78 is 415. The summed E-state index contributed by atoms with van der Waals surface area (Å²) in [5.74, 6) is -90.3. The second kappa shape index (κ2) is 13.8. The molecular formula is C39AlF27. The molecule has 0 aromatic heterocycles. The van der Waals surface area contributed by atoms with Crippen LogP contribution in [-0.2, 0) is 17.8 Å². The minimum absolute atomic E-state index is 2.78. The predicted molar refractivity (Wildman–Crippen MR) is 168 cm³/mol. The molecule has 0 N–H and O–H groups in total. The largest absolute Gasteiger partial charge is 0.400 e. The quantitative estimate of drug-likeness (QED) is 0.0717. The summed E-state index contributed by atoms with van der Waals surface area (Å²) in [6.07, 6.45) is 0. The standard InChI is InChI=1S/3C13F9.Al/c3*14-3-1-2-4(8(16)7(3)15)5-6(13(2,21)22)10(18)12(20)11(19)9(5)17;. The second-order valence-electron chi connectivity index (χ2n) is 14.5. The third-order valence-corrected chi connectivity index (χ3v) is 14.7. The van der Waals surface area contributed by atoms with Crippen LogP contribution < -0.4 is 13.3 Å². The van der Waals surface area contributed by atoms with Crippen molar-refractivity contribution in [1.29, 1.82) is 0 Å². The van der Waals surface area contributed by atoms with Crippen LogP contribution in [0.25, 0.3) is 33.4 Å². The van der Waals surface area contributed by atoms with Crippen molar-refractivity contribution in [3.8, 4) is 33.4 Å². The maximum Gasteiger partial charge on any atom is 0.400 e. The smallest absolute Gasteiger partial charge is 0.205 e. The average Bonchev–Trinajstić information content (AvgIpc) is 3.77. The lowest BCUT2D eigenvalue weighted by Crippen LogP contribution is -2.61. The van der Waals surface area contributed by atoms with Crippen molar-refractivity contribution in [2.24, 2.45) is 0 Å². The highest BCUT2D eigenvalue weighted by Crippen LogP contribution is 2.59. The molecule has 0 aliphatic heterocycles. The van der Waals surface area contributed by atoms with Gasteiger partial charge < -0.3 is 0 Å². The number of alkyl halides is 6. The normalized spacial score (nSPS) is 15.4. The van der Waals surface area contributed by atoms with Gasteiger partial charge in [0, 0.05) is 50.1 Å². The molecule has 6 aromatic rings. The van der Waals surface area contributed by atoms with Crippen molar-refractivity contribution in [2.75, 3.05) is 0 Å². The van der Waals surface area contributed by atoms with Gasteiger partial charge in [0.25, 0.3) is 0 Å². The van der Waals surface area contributed by atoms with E-state index < -0.39 is 234 Å². The monoisotopic (exact) mass is 1010 g/mol. The molecule has 0 saturated carbocycles. The van der Waals surface area contributed by atoms with Crippen molar-refractivity contribution in [3.05, 3.63) is 156 Å².